The molecule has 160 valence electrons. The fourth-order valence-electron chi connectivity index (χ4n) is 2.56. The van der Waals surface area contributed by atoms with Gasteiger partial charge in [0.15, 0.2) is 0 Å². The van der Waals surface area contributed by atoms with Gasteiger partial charge in [-0.3, -0.25) is 4.79 Å². The van der Waals surface area contributed by atoms with E-state index in [0.29, 0.717) is 23.7 Å². The number of carbonyl (C=O) groups is 1. The summed E-state index contributed by atoms with van der Waals surface area (Å²) in [4.78, 5) is 12.3. The fourth-order valence-corrected chi connectivity index (χ4v) is 4.88. The number of ether oxygens (including phenoxy) is 2. The Morgan fingerprint density at radius 2 is 1.87 bits per heavy atom. The first kappa shape index (κ1) is 23.9. The highest BCUT2D eigenvalue weighted by Gasteiger charge is 2.10. The molecule has 0 spiro atoms. The Labute approximate surface area is 214 Å². The number of hydrazone groups is 1. The van der Waals surface area contributed by atoms with Crippen LogP contribution in [-0.4, -0.2) is 19.2 Å². The summed E-state index contributed by atoms with van der Waals surface area (Å²) in [6.07, 6.45) is 1.55. The third kappa shape index (κ3) is 6.62. The van der Waals surface area contributed by atoms with Gasteiger partial charge >= 0.3 is 0 Å². The number of nitrogens with zero attached hydrogens (tertiary/aromatic N) is 1. The first-order chi connectivity index (χ1) is 14.9. The number of benzene rings is 3. The number of halogens is 4. The van der Waals surface area contributed by atoms with Gasteiger partial charge < -0.3 is 9.47 Å². The van der Waals surface area contributed by atoms with Crippen molar-refractivity contribution >= 4 is 73.2 Å². The minimum Gasteiger partial charge on any atom is -0.496 e. The molecule has 31 heavy (non-hydrogen) atoms. The minimum absolute atomic E-state index is 0.281. The van der Waals surface area contributed by atoms with E-state index in [1.165, 1.54) is 12.1 Å². The number of carbonyl (C=O) groups excluding carboxylic acids is 1. The quantitative estimate of drug-likeness (QED) is 0.182. The van der Waals surface area contributed by atoms with Crippen LogP contribution in [0.3, 0.4) is 0 Å². The second-order valence-corrected chi connectivity index (χ2v) is 9.46. The van der Waals surface area contributed by atoms with Crippen LogP contribution in [0.2, 0.25) is 0 Å². The van der Waals surface area contributed by atoms with Crippen LogP contribution in [0.4, 0.5) is 4.39 Å². The molecule has 3 aromatic carbocycles. The molecule has 0 aliphatic rings. The predicted molar refractivity (Wildman–Crippen MR) is 138 cm³/mol. The van der Waals surface area contributed by atoms with E-state index in [2.05, 4.69) is 71.6 Å². The number of amides is 1. The molecule has 0 heterocycles. The molecule has 0 saturated carbocycles. The molecule has 0 aromatic heterocycles. The molecule has 1 amide bonds. The molecule has 3 aromatic rings. The van der Waals surface area contributed by atoms with Crippen LogP contribution in [0.15, 0.2) is 64.2 Å². The lowest BCUT2D eigenvalue weighted by atomic mass is 10.2. The average Bonchev–Trinajstić information content (AvgIpc) is 2.74. The van der Waals surface area contributed by atoms with Gasteiger partial charge in [0.05, 0.1) is 24.9 Å². The van der Waals surface area contributed by atoms with Crippen LogP contribution < -0.4 is 14.9 Å². The van der Waals surface area contributed by atoms with Crippen molar-refractivity contribution in [3.8, 4) is 11.5 Å². The Kier molecular flexibility index (Phi) is 8.67. The molecular formula is C22H16BrFI2N2O3. The summed E-state index contributed by atoms with van der Waals surface area (Å²) >= 11 is 7.82. The second-order valence-electron chi connectivity index (χ2n) is 6.28. The first-order valence-electron chi connectivity index (χ1n) is 8.90. The van der Waals surface area contributed by atoms with E-state index in [9.17, 15) is 9.18 Å². The number of nitrogens with one attached hydrogen (secondary N) is 1. The highest BCUT2D eigenvalue weighted by atomic mass is 127. The van der Waals surface area contributed by atoms with Crippen molar-refractivity contribution in [1.82, 2.24) is 5.43 Å². The van der Waals surface area contributed by atoms with Gasteiger partial charge in [0.25, 0.3) is 5.91 Å². The van der Waals surface area contributed by atoms with E-state index < -0.39 is 0 Å². The molecular weight excluding hydrogens is 693 g/mol. The molecule has 0 bridgehead atoms. The summed E-state index contributed by atoms with van der Waals surface area (Å²) in [6, 6.07) is 15.1. The maximum atomic E-state index is 13.0. The van der Waals surface area contributed by atoms with E-state index in [0.717, 1.165) is 22.7 Å². The summed E-state index contributed by atoms with van der Waals surface area (Å²) in [5.74, 6) is 0.694. The predicted octanol–water partition coefficient (Wildman–Crippen LogP) is 6.15. The van der Waals surface area contributed by atoms with E-state index in [1.54, 1.807) is 37.6 Å². The largest absolute Gasteiger partial charge is 0.496 e. The summed E-state index contributed by atoms with van der Waals surface area (Å²) in [7, 11) is 1.56. The number of methoxy groups -OCH3 is 1. The smallest absolute Gasteiger partial charge is 0.271 e. The van der Waals surface area contributed by atoms with Crippen molar-refractivity contribution in [2.45, 2.75) is 6.61 Å². The molecule has 1 N–H and O–H groups in total. The topological polar surface area (TPSA) is 59.9 Å². The fraction of sp³-hybridized carbons (Fsp3) is 0.0909. The summed E-state index contributed by atoms with van der Waals surface area (Å²) in [5, 5.41) is 4.04. The number of rotatable bonds is 7. The van der Waals surface area contributed by atoms with Crippen LogP contribution in [0.25, 0.3) is 0 Å². The van der Waals surface area contributed by atoms with Crippen LogP contribution in [0.5, 0.6) is 11.5 Å². The van der Waals surface area contributed by atoms with Gasteiger partial charge in [-0.15, -0.1) is 0 Å². The molecule has 0 unspecified atom stereocenters. The Hall–Kier alpha value is -1.73. The van der Waals surface area contributed by atoms with Crippen molar-refractivity contribution in [2.75, 3.05) is 7.11 Å². The van der Waals surface area contributed by atoms with Gasteiger partial charge in [-0.1, -0.05) is 12.1 Å². The lowest BCUT2D eigenvalue weighted by molar-refractivity contribution is 0.0954. The van der Waals surface area contributed by atoms with Crippen LogP contribution in [0.1, 0.15) is 21.5 Å². The zero-order chi connectivity index (χ0) is 22.4. The molecule has 0 aliphatic carbocycles. The van der Waals surface area contributed by atoms with Gasteiger partial charge in [-0.25, -0.2) is 9.82 Å². The normalized spacial score (nSPS) is 10.9. The van der Waals surface area contributed by atoms with E-state index in [-0.39, 0.29) is 11.7 Å². The van der Waals surface area contributed by atoms with E-state index >= 15 is 0 Å². The molecule has 0 fully saturated rings. The van der Waals surface area contributed by atoms with Gasteiger partial charge in [-0.05, 0) is 115 Å². The lowest BCUT2D eigenvalue weighted by Gasteiger charge is -2.11. The maximum Gasteiger partial charge on any atom is 0.271 e. The number of hydrogen-bond acceptors (Lipinski definition) is 4. The van der Waals surface area contributed by atoms with Crippen molar-refractivity contribution in [1.29, 1.82) is 0 Å². The molecule has 3 rings (SSSR count). The zero-order valence-electron chi connectivity index (χ0n) is 16.2. The van der Waals surface area contributed by atoms with Gasteiger partial charge in [0.1, 0.15) is 23.9 Å². The standard InChI is InChI=1S/C22H16BrFI2N2O3/c1-30-20-10-15(4-7-18(20)25)22(29)28-27-11-14-8-17(23)21(19(26)9-14)31-12-13-2-5-16(24)6-3-13/h2-11H,12H2,1H3,(H,28,29)/b27-11-. The molecule has 0 saturated heterocycles. The molecule has 5 nitrogen and oxygen atoms in total. The zero-order valence-corrected chi connectivity index (χ0v) is 22.1. The van der Waals surface area contributed by atoms with Crippen molar-refractivity contribution < 1.29 is 18.7 Å². The summed E-state index contributed by atoms with van der Waals surface area (Å²) < 4.78 is 26.7. The Balaban J connectivity index is 1.64. The third-order valence-electron chi connectivity index (χ3n) is 4.11. The summed E-state index contributed by atoms with van der Waals surface area (Å²) in [5.41, 5.74) is 4.62. The van der Waals surface area contributed by atoms with Crippen molar-refractivity contribution in [2.24, 2.45) is 5.10 Å². The summed E-state index contributed by atoms with van der Waals surface area (Å²) in [6.45, 7) is 0.317. The molecule has 0 aliphatic heterocycles. The van der Waals surface area contributed by atoms with E-state index in [4.69, 9.17) is 9.47 Å². The van der Waals surface area contributed by atoms with Crippen molar-refractivity contribution in [3.63, 3.8) is 0 Å². The first-order valence-corrected chi connectivity index (χ1v) is 11.9. The average molecular weight is 709 g/mol. The highest BCUT2D eigenvalue weighted by molar-refractivity contribution is 14.1. The minimum atomic E-state index is -0.334. The SMILES string of the molecule is COc1cc(C(=O)N/N=C\c2cc(Br)c(OCc3ccc(F)cc3)c(I)c2)ccc1I. The van der Waals surface area contributed by atoms with Gasteiger partial charge in [0.2, 0.25) is 0 Å². The van der Waals surface area contributed by atoms with E-state index in [1.807, 2.05) is 18.2 Å². The van der Waals surface area contributed by atoms with Crippen LogP contribution >= 0.6 is 61.1 Å². The van der Waals surface area contributed by atoms with Crippen molar-refractivity contribution in [3.05, 3.63) is 88.7 Å². The number of hydrogen-bond donors (Lipinski definition) is 1. The second kappa shape index (κ2) is 11.2. The molecule has 9 heteroatoms. The monoisotopic (exact) mass is 708 g/mol. The van der Waals surface area contributed by atoms with Crippen LogP contribution in [0, 0.1) is 13.0 Å². The van der Waals surface area contributed by atoms with Gasteiger partial charge in [0, 0.05) is 5.56 Å². The Bertz CT molecular complexity index is 1100. The lowest BCUT2D eigenvalue weighted by Crippen LogP contribution is -2.17. The molecule has 0 radical (unpaired) electrons. The van der Waals surface area contributed by atoms with Gasteiger partial charge in [-0.2, -0.15) is 5.10 Å². The third-order valence-corrected chi connectivity index (χ3v) is 6.39. The molecule has 0 atom stereocenters. The maximum absolute atomic E-state index is 13.0. The Morgan fingerprint density at radius 1 is 1.13 bits per heavy atom. The highest BCUT2D eigenvalue weighted by Crippen LogP contribution is 2.32. The van der Waals surface area contributed by atoms with Crippen LogP contribution in [-0.2, 0) is 6.61 Å². The Morgan fingerprint density at radius 3 is 2.55 bits per heavy atom.